The second-order valence-electron chi connectivity index (χ2n) is 7.27. The fourth-order valence-corrected chi connectivity index (χ4v) is 4.22. The number of amides is 1. The molecular formula is C20H23N3O4. The minimum absolute atomic E-state index is 0.170. The fraction of sp³-hybridized carbons (Fsp3) is 0.450. The molecule has 4 rings (SSSR count). The van der Waals surface area contributed by atoms with Crippen molar-refractivity contribution < 1.29 is 19.4 Å². The molecule has 1 aromatic carbocycles. The van der Waals surface area contributed by atoms with Crippen LogP contribution in [0.15, 0.2) is 24.3 Å². The van der Waals surface area contributed by atoms with E-state index in [1.807, 2.05) is 24.3 Å². The summed E-state index contributed by atoms with van der Waals surface area (Å²) in [4.78, 5) is 26.5. The van der Waals surface area contributed by atoms with Gasteiger partial charge in [-0.25, -0.2) is 0 Å². The number of nitrogens with zero attached hydrogens (tertiary/aromatic N) is 2. The maximum absolute atomic E-state index is 13.1. The van der Waals surface area contributed by atoms with Crippen LogP contribution in [0.4, 0.5) is 0 Å². The summed E-state index contributed by atoms with van der Waals surface area (Å²) >= 11 is 0. The fourth-order valence-electron chi connectivity index (χ4n) is 4.22. The summed E-state index contributed by atoms with van der Waals surface area (Å²) in [6.45, 7) is 0.580. The largest absolute Gasteiger partial charge is 0.497 e. The number of nitrogens with one attached hydrogen (secondary N) is 1. The highest BCUT2D eigenvalue weighted by atomic mass is 16.5. The third-order valence-corrected chi connectivity index (χ3v) is 5.73. The molecule has 0 saturated carbocycles. The summed E-state index contributed by atoms with van der Waals surface area (Å²) in [6.07, 6.45) is 3.93. The van der Waals surface area contributed by atoms with Gasteiger partial charge < -0.3 is 14.7 Å². The first-order chi connectivity index (χ1) is 13.1. The molecule has 0 radical (unpaired) electrons. The normalized spacial score (nSPS) is 21.7. The first-order valence-corrected chi connectivity index (χ1v) is 9.30. The van der Waals surface area contributed by atoms with Gasteiger partial charge in [0.2, 0.25) is 0 Å². The highest BCUT2D eigenvalue weighted by molar-refractivity contribution is 5.95. The number of fused-ring (bicyclic) bond motifs is 1. The lowest BCUT2D eigenvalue weighted by atomic mass is 9.89. The third kappa shape index (κ3) is 3.18. The first-order valence-electron chi connectivity index (χ1n) is 9.30. The molecule has 1 aromatic heterocycles. The van der Waals surface area contributed by atoms with Gasteiger partial charge in [-0.3, -0.25) is 14.7 Å². The zero-order chi connectivity index (χ0) is 19.0. The van der Waals surface area contributed by atoms with Crippen molar-refractivity contribution in [2.45, 2.75) is 31.6 Å². The molecule has 2 aliphatic rings. The van der Waals surface area contributed by atoms with Crippen LogP contribution in [-0.2, 0) is 17.6 Å². The van der Waals surface area contributed by atoms with E-state index in [1.165, 1.54) is 0 Å². The molecule has 142 valence electrons. The number of aromatic nitrogens is 2. The van der Waals surface area contributed by atoms with Crippen LogP contribution in [0.25, 0.3) is 0 Å². The number of hydrogen-bond acceptors (Lipinski definition) is 4. The van der Waals surface area contributed by atoms with Crippen LogP contribution in [0.2, 0.25) is 0 Å². The van der Waals surface area contributed by atoms with Crippen LogP contribution in [0.5, 0.6) is 5.75 Å². The molecule has 0 bridgehead atoms. The number of likely N-dealkylation sites (tertiary alicyclic amines) is 1. The summed E-state index contributed by atoms with van der Waals surface area (Å²) in [6, 6.07) is 7.40. The Labute approximate surface area is 157 Å². The average molecular weight is 369 g/mol. The van der Waals surface area contributed by atoms with Crippen LogP contribution in [0, 0.1) is 5.92 Å². The number of H-pyrrole nitrogens is 1. The molecule has 7 heteroatoms. The van der Waals surface area contributed by atoms with Crippen molar-refractivity contribution in [1.29, 1.82) is 0 Å². The predicted molar refractivity (Wildman–Crippen MR) is 98.0 cm³/mol. The van der Waals surface area contributed by atoms with Gasteiger partial charge in [0.15, 0.2) is 5.69 Å². The van der Waals surface area contributed by atoms with Gasteiger partial charge in [0.05, 0.1) is 13.0 Å². The number of benzene rings is 1. The van der Waals surface area contributed by atoms with Crippen molar-refractivity contribution in [3.05, 3.63) is 46.8 Å². The molecule has 2 aromatic rings. The highest BCUT2D eigenvalue weighted by Gasteiger charge is 2.41. The maximum atomic E-state index is 13.1. The van der Waals surface area contributed by atoms with Gasteiger partial charge in [-0.05, 0) is 43.4 Å². The topological polar surface area (TPSA) is 95.5 Å². The molecule has 2 N–H and O–H groups in total. The van der Waals surface area contributed by atoms with Gasteiger partial charge in [0.25, 0.3) is 5.91 Å². The van der Waals surface area contributed by atoms with Gasteiger partial charge in [-0.15, -0.1) is 0 Å². The Morgan fingerprint density at radius 3 is 2.63 bits per heavy atom. The molecule has 1 saturated heterocycles. The number of aliphatic carboxylic acids is 1. The van der Waals surface area contributed by atoms with E-state index >= 15 is 0 Å². The van der Waals surface area contributed by atoms with E-state index < -0.39 is 11.9 Å². The smallest absolute Gasteiger partial charge is 0.308 e. The lowest BCUT2D eigenvalue weighted by Gasteiger charge is -2.17. The third-order valence-electron chi connectivity index (χ3n) is 5.73. The Morgan fingerprint density at radius 1 is 1.19 bits per heavy atom. The van der Waals surface area contributed by atoms with Crippen molar-refractivity contribution >= 4 is 11.9 Å². The zero-order valence-electron chi connectivity index (χ0n) is 15.3. The Bertz CT molecular complexity index is 859. The maximum Gasteiger partial charge on any atom is 0.308 e. The summed E-state index contributed by atoms with van der Waals surface area (Å²) in [5, 5.41) is 16.9. The number of aromatic amines is 1. The van der Waals surface area contributed by atoms with Gasteiger partial charge in [0, 0.05) is 30.3 Å². The van der Waals surface area contributed by atoms with Crippen molar-refractivity contribution in [3.8, 4) is 5.75 Å². The van der Waals surface area contributed by atoms with Crippen LogP contribution in [0.3, 0.4) is 0 Å². The molecular weight excluding hydrogens is 346 g/mol. The second kappa shape index (κ2) is 7.06. The summed E-state index contributed by atoms with van der Waals surface area (Å²) in [5.74, 6) is -1.20. The number of carboxylic acids is 1. The van der Waals surface area contributed by atoms with Gasteiger partial charge in [0.1, 0.15) is 5.75 Å². The number of hydrogen-bond donors (Lipinski definition) is 2. The van der Waals surface area contributed by atoms with Crippen LogP contribution >= 0.6 is 0 Å². The van der Waals surface area contributed by atoms with Crippen LogP contribution in [0.1, 0.15) is 46.1 Å². The van der Waals surface area contributed by atoms with E-state index in [0.29, 0.717) is 12.2 Å². The predicted octanol–water partition coefficient (Wildman–Crippen LogP) is 2.24. The molecule has 1 amide bonds. The number of carbonyl (C=O) groups excluding carboxylic acids is 1. The SMILES string of the molecule is COc1ccc([C@@H]2CN(C(=O)c3n[nH]c4c3CCCC4)C[C@H]2C(=O)O)cc1. The van der Waals surface area contributed by atoms with Crippen molar-refractivity contribution in [3.63, 3.8) is 0 Å². The van der Waals surface area contributed by atoms with Crippen molar-refractivity contribution in [1.82, 2.24) is 15.1 Å². The number of carboxylic acid groups (broad SMARTS) is 1. The van der Waals surface area contributed by atoms with Gasteiger partial charge in [-0.2, -0.15) is 5.10 Å². The number of ether oxygens (including phenoxy) is 1. The lowest BCUT2D eigenvalue weighted by molar-refractivity contribution is -0.141. The van der Waals surface area contributed by atoms with E-state index in [-0.39, 0.29) is 18.4 Å². The van der Waals surface area contributed by atoms with E-state index in [0.717, 1.165) is 48.3 Å². The standard InChI is InChI=1S/C20H23N3O4/c1-27-13-8-6-12(7-9-13)15-10-23(11-16(15)20(25)26)19(24)18-14-4-2-3-5-17(14)21-22-18/h6-9,15-16H,2-5,10-11H2,1H3,(H,21,22)(H,25,26)/t15-,16+/m0/s1. The molecule has 1 aliphatic carbocycles. The first kappa shape index (κ1) is 17.6. The quantitative estimate of drug-likeness (QED) is 0.862. The Balaban J connectivity index is 1.58. The van der Waals surface area contributed by atoms with E-state index in [1.54, 1.807) is 12.0 Å². The van der Waals surface area contributed by atoms with E-state index in [2.05, 4.69) is 10.2 Å². The van der Waals surface area contributed by atoms with E-state index in [4.69, 9.17) is 4.74 Å². The Morgan fingerprint density at radius 2 is 1.93 bits per heavy atom. The zero-order valence-corrected chi connectivity index (χ0v) is 15.3. The minimum Gasteiger partial charge on any atom is -0.497 e. The van der Waals surface area contributed by atoms with Crippen LogP contribution in [-0.4, -0.2) is 52.3 Å². The molecule has 1 fully saturated rings. The number of aryl methyl sites for hydroxylation is 1. The monoisotopic (exact) mass is 369 g/mol. The van der Waals surface area contributed by atoms with Crippen LogP contribution < -0.4 is 4.74 Å². The van der Waals surface area contributed by atoms with Gasteiger partial charge >= 0.3 is 5.97 Å². The number of methoxy groups -OCH3 is 1. The molecule has 0 unspecified atom stereocenters. The Hall–Kier alpha value is -2.83. The summed E-state index contributed by atoms with van der Waals surface area (Å²) in [7, 11) is 1.59. The van der Waals surface area contributed by atoms with Crippen molar-refractivity contribution in [2.75, 3.05) is 20.2 Å². The average Bonchev–Trinajstić information content (AvgIpc) is 3.32. The van der Waals surface area contributed by atoms with Gasteiger partial charge in [-0.1, -0.05) is 12.1 Å². The minimum atomic E-state index is -0.879. The number of carbonyl (C=O) groups is 2. The second-order valence-corrected chi connectivity index (χ2v) is 7.27. The molecule has 2 atom stereocenters. The number of rotatable bonds is 4. The Kier molecular flexibility index (Phi) is 4.59. The van der Waals surface area contributed by atoms with Crippen molar-refractivity contribution in [2.24, 2.45) is 5.92 Å². The highest BCUT2D eigenvalue weighted by Crippen LogP contribution is 2.35. The summed E-state index contributed by atoms with van der Waals surface area (Å²) < 4.78 is 5.17. The molecule has 0 spiro atoms. The summed E-state index contributed by atoms with van der Waals surface area (Å²) in [5.41, 5.74) is 3.42. The lowest BCUT2D eigenvalue weighted by Crippen LogP contribution is -2.31. The molecule has 2 heterocycles. The molecule has 7 nitrogen and oxygen atoms in total. The molecule has 1 aliphatic heterocycles. The molecule has 27 heavy (non-hydrogen) atoms. The van der Waals surface area contributed by atoms with E-state index in [9.17, 15) is 14.7 Å².